The summed E-state index contributed by atoms with van der Waals surface area (Å²) in [5.74, 6) is 0.804. The number of hydrogen-bond acceptors (Lipinski definition) is 1. The fourth-order valence-electron chi connectivity index (χ4n) is 1.90. The van der Waals surface area contributed by atoms with Crippen LogP contribution in [0.2, 0.25) is 0 Å². The van der Waals surface area contributed by atoms with Gasteiger partial charge in [-0.2, -0.15) is 0 Å². The van der Waals surface area contributed by atoms with Crippen molar-refractivity contribution in [1.82, 2.24) is 0 Å². The Morgan fingerprint density at radius 3 is 2.53 bits per heavy atom. The Kier molecular flexibility index (Phi) is 2.52. The molecule has 0 radical (unpaired) electrons. The summed E-state index contributed by atoms with van der Waals surface area (Å²) in [5, 5.41) is 0. The fourth-order valence-corrected chi connectivity index (χ4v) is 1.90. The smallest absolute Gasteiger partial charge is 0.406 e. The van der Waals surface area contributed by atoms with Gasteiger partial charge in [0.25, 0.3) is 0 Å². The molecule has 0 N–H and O–H groups in total. The van der Waals surface area contributed by atoms with Gasteiger partial charge in [-0.25, -0.2) is 0 Å². The van der Waals surface area contributed by atoms with Crippen LogP contribution in [-0.2, 0) is 4.74 Å². The molecule has 1 unspecified atom stereocenters. The number of hydrogen-bond donors (Lipinski definition) is 0. The number of alkyl halides is 3. The maximum Gasteiger partial charge on any atom is 0.573 e. The number of allylic oxidation sites excluding steroid dienone is 3. The quantitative estimate of drug-likeness (QED) is 0.685. The summed E-state index contributed by atoms with van der Waals surface area (Å²) < 4.78 is 40.2. The number of halogens is 3. The van der Waals surface area contributed by atoms with Crippen LogP contribution in [0, 0.1) is 11.8 Å². The predicted molar refractivity (Wildman–Crippen MR) is 49.8 cm³/mol. The van der Waals surface area contributed by atoms with E-state index >= 15 is 0 Å². The molecule has 0 bridgehead atoms. The number of rotatable bonds is 2. The van der Waals surface area contributed by atoms with E-state index in [0.717, 1.165) is 19.3 Å². The molecule has 0 aromatic rings. The van der Waals surface area contributed by atoms with Crippen molar-refractivity contribution in [2.45, 2.75) is 32.5 Å². The van der Waals surface area contributed by atoms with Crippen LogP contribution in [-0.4, -0.2) is 6.36 Å². The molecule has 0 aromatic heterocycles. The monoisotopic (exact) mass is 218 g/mol. The summed E-state index contributed by atoms with van der Waals surface area (Å²) in [7, 11) is 0. The van der Waals surface area contributed by atoms with Gasteiger partial charge in [-0.1, -0.05) is 6.08 Å². The lowest BCUT2D eigenvalue weighted by Gasteiger charge is -2.20. The fraction of sp³-hybridized carbons (Fsp3) is 0.636. The first kappa shape index (κ1) is 10.6. The van der Waals surface area contributed by atoms with Crippen molar-refractivity contribution in [3.8, 4) is 0 Å². The molecular weight excluding hydrogens is 205 g/mol. The summed E-state index contributed by atoms with van der Waals surface area (Å²) >= 11 is 0. The van der Waals surface area contributed by atoms with Gasteiger partial charge in [0.1, 0.15) is 5.76 Å². The summed E-state index contributed by atoms with van der Waals surface area (Å²) in [5.41, 5.74) is 0.587. The van der Waals surface area contributed by atoms with E-state index in [1.807, 2.05) is 6.08 Å². The van der Waals surface area contributed by atoms with Gasteiger partial charge in [0.15, 0.2) is 0 Å². The van der Waals surface area contributed by atoms with Gasteiger partial charge in [0, 0.05) is 0 Å². The Bertz CT molecular complexity index is 310. The highest BCUT2D eigenvalue weighted by Gasteiger charge is 2.36. The van der Waals surface area contributed by atoms with Crippen LogP contribution in [0.4, 0.5) is 13.2 Å². The third kappa shape index (κ3) is 2.76. The molecule has 2 rings (SSSR count). The van der Waals surface area contributed by atoms with Gasteiger partial charge in [0.05, 0.1) is 0 Å². The summed E-state index contributed by atoms with van der Waals surface area (Å²) in [6, 6.07) is 0. The lowest BCUT2D eigenvalue weighted by Crippen LogP contribution is -2.16. The average molecular weight is 218 g/mol. The van der Waals surface area contributed by atoms with E-state index in [0.29, 0.717) is 11.5 Å². The molecule has 15 heavy (non-hydrogen) atoms. The third-order valence-corrected chi connectivity index (χ3v) is 2.90. The third-order valence-electron chi connectivity index (χ3n) is 2.90. The lowest BCUT2D eigenvalue weighted by molar-refractivity contribution is -0.304. The molecule has 0 saturated heterocycles. The summed E-state index contributed by atoms with van der Waals surface area (Å²) in [6.07, 6.45) is 2.01. The predicted octanol–water partition coefficient (Wildman–Crippen LogP) is 3.78. The van der Waals surface area contributed by atoms with E-state index in [1.54, 1.807) is 13.0 Å². The minimum Gasteiger partial charge on any atom is -0.406 e. The first-order chi connectivity index (χ1) is 6.96. The van der Waals surface area contributed by atoms with Crippen molar-refractivity contribution < 1.29 is 17.9 Å². The molecule has 1 atom stereocenters. The van der Waals surface area contributed by atoms with Crippen molar-refractivity contribution in [1.29, 1.82) is 0 Å². The first-order valence-electron chi connectivity index (χ1n) is 5.10. The van der Waals surface area contributed by atoms with Crippen molar-refractivity contribution in [2.24, 2.45) is 11.8 Å². The molecule has 0 amide bonds. The molecule has 1 saturated carbocycles. The lowest BCUT2D eigenvalue weighted by atomic mass is 9.92. The standard InChI is InChI=1S/C11H13F3O/c1-7-2-3-9(8-4-5-8)6-10(7)15-11(12,13)14/h2,6,8-9H,3-5H2,1H3. The van der Waals surface area contributed by atoms with Gasteiger partial charge in [0.2, 0.25) is 0 Å². The molecule has 2 aliphatic carbocycles. The SMILES string of the molecule is CC1=CCC(C2CC2)C=C1OC(F)(F)F. The zero-order valence-corrected chi connectivity index (χ0v) is 8.47. The van der Waals surface area contributed by atoms with Gasteiger partial charge in [-0.15, -0.1) is 13.2 Å². The first-order valence-corrected chi connectivity index (χ1v) is 5.10. The van der Waals surface area contributed by atoms with Crippen LogP contribution >= 0.6 is 0 Å². The van der Waals surface area contributed by atoms with Crippen molar-refractivity contribution >= 4 is 0 Å². The molecule has 1 fully saturated rings. The highest BCUT2D eigenvalue weighted by atomic mass is 19.4. The molecule has 2 aliphatic rings. The maximum atomic E-state index is 12.1. The van der Waals surface area contributed by atoms with E-state index in [-0.39, 0.29) is 11.7 Å². The van der Waals surface area contributed by atoms with Crippen LogP contribution in [0.5, 0.6) is 0 Å². The van der Waals surface area contributed by atoms with Crippen molar-refractivity contribution in [3.63, 3.8) is 0 Å². The van der Waals surface area contributed by atoms with Gasteiger partial charge >= 0.3 is 6.36 Å². The van der Waals surface area contributed by atoms with E-state index < -0.39 is 6.36 Å². The van der Waals surface area contributed by atoms with E-state index in [2.05, 4.69) is 4.74 Å². The van der Waals surface area contributed by atoms with Crippen LogP contribution in [0.1, 0.15) is 26.2 Å². The molecule has 0 aliphatic heterocycles. The zero-order valence-electron chi connectivity index (χ0n) is 8.47. The van der Waals surface area contributed by atoms with Crippen LogP contribution in [0.3, 0.4) is 0 Å². The average Bonchev–Trinajstić information content (AvgIpc) is 2.89. The number of ether oxygens (including phenoxy) is 1. The molecule has 1 nitrogen and oxygen atoms in total. The Balaban J connectivity index is 2.08. The Labute approximate surface area is 86.6 Å². The van der Waals surface area contributed by atoms with Crippen molar-refractivity contribution in [2.75, 3.05) is 0 Å². The van der Waals surface area contributed by atoms with E-state index in [9.17, 15) is 13.2 Å². The Morgan fingerprint density at radius 1 is 1.33 bits per heavy atom. The molecule has 0 aromatic carbocycles. The summed E-state index contributed by atoms with van der Waals surface area (Å²) in [4.78, 5) is 0. The second-order valence-corrected chi connectivity index (χ2v) is 4.20. The molecular formula is C11H13F3O. The van der Waals surface area contributed by atoms with Gasteiger partial charge in [-0.3, -0.25) is 0 Å². The van der Waals surface area contributed by atoms with Crippen LogP contribution < -0.4 is 0 Å². The highest BCUT2D eigenvalue weighted by molar-refractivity contribution is 5.29. The van der Waals surface area contributed by atoms with Gasteiger partial charge in [-0.05, 0) is 49.7 Å². The van der Waals surface area contributed by atoms with E-state index in [1.165, 1.54) is 0 Å². The van der Waals surface area contributed by atoms with Crippen LogP contribution in [0.15, 0.2) is 23.5 Å². The molecule has 0 spiro atoms. The molecule has 0 heterocycles. The van der Waals surface area contributed by atoms with E-state index in [4.69, 9.17) is 0 Å². The minimum atomic E-state index is -4.58. The maximum absolute atomic E-state index is 12.1. The zero-order chi connectivity index (χ0) is 11.1. The highest BCUT2D eigenvalue weighted by Crippen LogP contribution is 2.43. The molecule has 4 heteroatoms. The largest absolute Gasteiger partial charge is 0.573 e. The summed E-state index contributed by atoms with van der Waals surface area (Å²) in [6.45, 7) is 1.65. The Hall–Kier alpha value is -0.930. The molecule has 84 valence electrons. The topological polar surface area (TPSA) is 9.23 Å². The van der Waals surface area contributed by atoms with Crippen molar-refractivity contribution in [3.05, 3.63) is 23.5 Å². The normalized spacial score (nSPS) is 27.1. The Morgan fingerprint density at radius 2 is 2.00 bits per heavy atom. The minimum absolute atomic E-state index is 0.00866. The van der Waals surface area contributed by atoms with Gasteiger partial charge < -0.3 is 4.74 Å². The van der Waals surface area contributed by atoms with Crippen LogP contribution in [0.25, 0.3) is 0 Å². The second kappa shape index (κ2) is 3.58. The second-order valence-electron chi connectivity index (χ2n) is 4.20.